The van der Waals surface area contributed by atoms with Crippen molar-refractivity contribution in [3.8, 4) is 0 Å². The minimum atomic E-state index is 0.367. The van der Waals surface area contributed by atoms with Gasteiger partial charge in [0.05, 0.1) is 13.2 Å². The molecule has 3 nitrogen and oxygen atoms in total. The molecule has 0 aromatic carbocycles. The van der Waals surface area contributed by atoms with Crippen molar-refractivity contribution in [1.29, 1.82) is 0 Å². The lowest BCUT2D eigenvalue weighted by Crippen LogP contribution is -2.04. The number of rotatable bonds is 11. The van der Waals surface area contributed by atoms with Crippen molar-refractivity contribution < 1.29 is 14.3 Å². The van der Waals surface area contributed by atoms with Crippen LogP contribution in [0, 0.1) is 0 Å². The van der Waals surface area contributed by atoms with Crippen molar-refractivity contribution in [3.05, 3.63) is 0 Å². The highest BCUT2D eigenvalue weighted by molar-refractivity contribution is 9.09. The lowest BCUT2D eigenvalue weighted by atomic mass is 10.1. The maximum absolute atomic E-state index is 11.3. The summed E-state index contributed by atoms with van der Waals surface area (Å²) in [6.07, 6.45) is 4.25. The van der Waals surface area contributed by atoms with Crippen LogP contribution in [0.4, 0.5) is 0 Å². The standard InChI is InChI=1S/C11H21BrO3/c1-14-9-10-15-8-3-2-5-11(13)6-4-7-12/h2-10H2,1H3. The van der Waals surface area contributed by atoms with E-state index in [4.69, 9.17) is 9.47 Å². The normalized spacial score (nSPS) is 10.5. The van der Waals surface area contributed by atoms with Crippen molar-refractivity contribution in [1.82, 2.24) is 0 Å². The fourth-order valence-corrected chi connectivity index (χ4v) is 1.44. The predicted octanol–water partition coefficient (Wildman–Crippen LogP) is 2.56. The lowest BCUT2D eigenvalue weighted by molar-refractivity contribution is -0.119. The minimum Gasteiger partial charge on any atom is -0.382 e. The Morgan fingerprint density at radius 1 is 1.07 bits per heavy atom. The number of alkyl halides is 1. The molecule has 0 aliphatic carbocycles. The Kier molecular flexibility index (Phi) is 12.2. The molecule has 0 saturated carbocycles. The summed E-state index contributed by atoms with van der Waals surface area (Å²) >= 11 is 3.31. The van der Waals surface area contributed by atoms with Gasteiger partial charge in [-0.25, -0.2) is 0 Å². The molecule has 4 heteroatoms. The zero-order chi connectivity index (χ0) is 11.4. The summed E-state index contributed by atoms with van der Waals surface area (Å²) < 4.78 is 10.1. The fraction of sp³-hybridized carbons (Fsp3) is 0.909. The molecule has 0 amide bonds. The van der Waals surface area contributed by atoms with Gasteiger partial charge in [0.1, 0.15) is 5.78 Å². The number of hydrogen-bond acceptors (Lipinski definition) is 3. The molecule has 0 aliphatic heterocycles. The molecule has 15 heavy (non-hydrogen) atoms. The van der Waals surface area contributed by atoms with Crippen LogP contribution in [-0.2, 0) is 14.3 Å². The molecular weight excluding hydrogens is 260 g/mol. The first-order chi connectivity index (χ1) is 7.31. The third-order valence-electron chi connectivity index (χ3n) is 2.02. The van der Waals surface area contributed by atoms with Gasteiger partial charge in [0, 0.05) is 31.9 Å². The molecule has 0 aliphatic rings. The van der Waals surface area contributed by atoms with Gasteiger partial charge in [-0.3, -0.25) is 4.79 Å². The Bertz CT molecular complexity index is 151. The average molecular weight is 281 g/mol. The summed E-state index contributed by atoms with van der Waals surface area (Å²) in [7, 11) is 1.66. The molecule has 0 bridgehead atoms. The molecule has 0 saturated heterocycles. The summed E-state index contributed by atoms with van der Waals surface area (Å²) in [5.74, 6) is 0.367. The van der Waals surface area contributed by atoms with Gasteiger partial charge in [-0.05, 0) is 19.3 Å². The van der Waals surface area contributed by atoms with Crippen molar-refractivity contribution >= 4 is 21.7 Å². The van der Waals surface area contributed by atoms with Crippen LogP contribution >= 0.6 is 15.9 Å². The molecule has 0 spiro atoms. The number of ether oxygens (including phenoxy) is 2. The molecule has 90 valence electrons. The first-order valence-corrected chi connectivity index (χ1v) is 6.57. The van der Waals surface area contributed by atoms with Gasteiger partial charge < -0.3 is 9.47 Å². The second kappa shape index (κ2) is 12.1. The number of unbranched alkanes of at least 4 members (excludes halogenated alkanes) is 1. The van der Waals surface area contributed by atoms with Gasteiger partial charge in [-0.2, -0.15) is 0 Å². The first-order valence-electron chi connectivity index (χ1n) is 5.45. The van der Waals surface area contributed by atoms with Crippen LogP contribution in [0.2, 0.25) is 0 Å². The average Bonchev–Trinajstić information content (AvgIpc) is 2.25. The summed E-state index contributed by atoms with van der Waals surface area (Å²) in [6.45, 7) is 2.02. The molecule has 0 N–H and O–H groups in total. The number of methoxy groups -OCH3 is 1. The topological polar surface area (TPSA) is 35.5 Å². The number of hydrogen-bond donors (Lipinski definition) is 0. The van der Waals surface area contributed by atoms with Crippen molar-refractivity contribution in [2.24, 2.45) is 0 Å². The molecule has 0 aromatic rings. The van der Waals surface area contributed by atoms with Crippen LogP contribution in [-0.4, -0.2) is 38.0 Å². The second-order valence-electron chi connectivity index (χ2n) is 3.39. The zero-order valence-electron chi connectivity index (χ0n) is 9.47. The highest BCUT2D eigenvalue weighted by Gasteiger charge is 2.00. The molecule has 0 aromatic heterocycles. The summed E-state index contributed by atoms with van der Waals surface area (Å²) in [5.41, 5.74) is 0. The van der Waals surface area contributed by atoms with Crippen molar-refractivity contribution in [2.75, 3.05) is 32.3 Å². The molecular formula is C11H21BrO3. The molecule has 0 rings (SSSR count). The van der Waals surface area contributed by atoms with Gasteiger partial charge in [-0.1, -0.05) is 15.9 Å². The maximum atomic E-state index is 11.3. The number of Topliss-reactive ketones (excluding diaryl/α,β-unsaturated/α-hetero) is 1. The predicted molar refractivity (Wildman–Crippen MR) is 64.6 cm³/mol. The first kappa shape index (κ1) is 15.1. The van der Waals surface area contributed by atoms with E-state index in [2.05, 4.69) is 15.9 Å². The van der Waals surface area contributed by atoms with E-state index in [1.54, 1.807) is 7.11 Å². The largest absolute Gasteiger partial charge is 0.382 e. The van der Waals surface area contributed by atoms with Crippen LogP contribution in [0.25, 0.3) is 0 Å². The summed E-state index contributed by atoms with van der Waals surface area (Å²) in [4.78, 5) is 11.3. The Balaban J connectivity index is 3.06. The second-order valence-corrected chi connectivity index (χ2v) is 4.19. The Morgan fingerprint density at radius 2 is 1.80 bits per heavy atom. The van der Waals surface area contributed by atoms with E-state index in [9.17, 15) is 4.79 Å². The van der Waals surface area contributed by atoms with Gasteiger partial charge in [-0.15, -0.1) is 0 Å². The van der Waals surface area contributed by atoms with E-state index in [1.807, 2.05) is 0 Å². The third kappa shape index (κ3) is 12.0. The summed E-state index contributed by atoms with van der Waals surface area (Å²) in [6, 6.07) is 0. The SMILES string of the molecule is COCCOCCCCC(=O)CCCBr. The fourth-order valence-electron chi connectivity index (χ4n) is 1.16. The number of carbonyl (C=O) groups excluding carboxylic acids is 1. The van der Waals surface area contributed by atoms with Crippen LogP contribution in [0.1, 0.15) is 32.1 Å². The monoisotopic (exact) mass is 280 g/mol. The van der Waals surface area contributed by atoms with Gasteiger partial charge in [0.25, 0.3) is 0 Å². The molecule has 0 atom stereocenters. The highest BCUT2D eigenvalue weighted by atomic mass is 79.9. The van der Waals surface area contributed by atoms with Crippen LogP contribution in [0.5, 0.6) is 0 Å². The Morgan fingerprint density at radius 3 is 2.47 bits per heavy atom. The van der Waals surface area contributed by atoms with Crippen molar-refractivity contribution in [2.45, 2.75) is 32.1 Å². The van der Waals surface area contributed by atoms with Crippen molar-refractivity contribution in [3.63, 3.8) is 0 Å². The van der Waals surface area contributed by atoms with E-state index >= 15 is 0 Å². The van der Waals surface area contributed by atoms with E-state index in [1.165, 1.54) is 0 Å². The van der Waals surface area contributed by atoms with E-state index in [0.29, 0.717) is 31.8 Å². The molecule has 0 fully saturated rings. The quantitative estimate of drug-likeness (QED) is 0.431. The Labute approximate surface area is 101 Å². The number of halogens is 1. The number of ketones is 1. The molecule has 0 heterocycles. The molecule has 0 radical (unpaired) electrons. The van der Waals surface area contributed by atoms with Crippen LogP contribution in [0.3, 0.4) is 0 Å². The lowest BCUT2D eigenvalue weighted by Gasteiger charge is -2.03. The minimum absolute atomic E-state index is 0.367. The number of carbonyl (C=O) groups is 1. The van der Waals surface area contributed by atoms with E-state index in [0.717, 1.165) is 31.2 Å². The Hall–Kier alpha value is 0.0700. The summed E-state index contributed by atoms with van der Waals surface area (Å²) in [5, 5.41) is 0.916. The van der Waals surface area contributed by atoms with Crippen LogP contribution in [0.15, 0.2) is 0 Å². The zero-order valence-corrected chi connectivity index (χ0v) is 11.1. The third-order valence-corrected chi connectivity index (χ3v) is 2.58. The smallest absolute Gasteiger partial charge is 0.132 e. The van der Waals surface area contributed by atoms with E-state index in [-0.39, 0.29) is 0 Å². The molecule has 0 unspecified atom stereocenters. The highest BCUT2D eigenvalue weighted by Crippen LogP contribution is 2.03. The maximum Gasteiger partial charge on any atom is 0.132 e. The van der Waals surface area contributed by atoms with Gasteiger partial charge in [0.2, 0.25) is 0 Å². The van der Waals surface area contributed by atoms with E-state index < -0.39 is 0 Å². The van der Waals surface area contributed by atoms with Crippen LogP contribution < -0.4 is 0 Å². The van der Waals surface area contributed by atoms with Gasteiger partial charge >= 0.3 is 0 Å². The van der Waals surface area contributed by atoms with Gasteiger partial charge in [0.15, 0.2) is 0 Å².